The number of halogens is 3. The Kier molecular flexibility index (Phi) is 4.32. The van der Waals surface area contributed by atoms with Crippen LogP contribution in [-0.2, 0) is 11.0 Å². The van der Waals surface area contributed by atoms with E-state index in [1.165, 1.54) is 0 Å². The third kappa shape index (κ3) is 3.44. The van der Waals surface area contributed by atoms with Gasteiger partial charge in [-0.2, -0.15) is 13.2 Å². The van der Waals surface area contributed by atoms with Crippen molar-refractivity contribution in [1.82, 2.24) is 15.0 Å². The van der Waals surface area contributed by atoms with Crippen molar-refractivity contribution in [1.29, 1.82) is 0 Å². The van der Waals surface area contributed by atoms with Crippen LogP contribution in [0.3, 0.4) is 0 Å². The molecule has 1 aliphatic rings. The monoisotopic (exact) mass is 337 g/mol. The molecule has 24 heavy (non-hydrogen) atoms. The second-order valence-electron chi connectivity index (χ2n) is 5.30. The summed E-state index contributed by atoms with van der Waals surface area (Å²) in [7, 11) is 0. The summed E-state index contributed by atoms with van der Waals surface area (Å²) in [5.74, 6) is -0.452. The van der Waals surface area contributed by atoms with Crippen LogP contribution in [0.5, 0.6) is 0 Å². The Morgan fingerprint density at radius 1 is 1.25 bits per heavy atom. The molecule has 0 aliphatic carbocycles. The van der Waals surface area contributed by atoms with Gasteiger partial charge in [-0.15, -0.1) is 0 Å². The van der Waals surface area contributed by atoms with Crippen LogP contribution >= 0.6 is 0 Å². The zero-order chi connectivity index (χ0) is 17.2. The number of pyridine rings is 1. The van der Waals surface area contributed by atoms with Gasteiger partial charge in [0, 0.05) is 18.9 Å². The molecule has 1 aliphatic heterocycles. The minimum Gasteiger partial charge on any atom is -0.342 e. The van der Waals surface area contributed by atoms with Gasteiger partial charge in [-0.05, 0) is 31.0 Å². The molecule has 2 aromatic rings. The molecule has 9 heteroatoms. The van der Waals surface area contributed by atoms with Gasteiger partial charge >= 0.3 is 6.18 Å². The summed E-state index contributed by atoms with van der Waals surface area (Å²) < 4.78 is 38.1. The zero-order valence-corrected chi connectivity index (χ0v) is 12.5. The van der Waals surface area contributed by atoms with Crippen LogP contribution in [0, 0.1) is 0 Å². The number of nitrogens with zero attached hydrogens (tertiary/aromatic N) is 4. The molecule has 126 valence electrons. The normalized spacial score (nSPS) is 18.5. The quantitative estimate of drug-likeness (QED) is 0.932. The summed E-state index contributed by atoms with van der Waals surface area (Å²) in [4.78, 5) is 25.3. The Bertz CT molecular complexity index is 723. The fourth-order valence-electron chi connectivity index (χ4n) is 2.52. The van der Waals surface area contributed by atoms with E-state index in [1.807, 2.05) is 0 Å². The number of nitrogens with one attached hydrogen (secondary N) is 1. The first-order valence-corrected chi connectivity index (χ1v) is 7.33. The van der Waals surface area contributed by atoms with Gasteiger partial charge in [-0.25, -0.2) is 9.97 Å². The highest BCUT2D eigenvalue weighted by Gasteiger charge is 2.34. The predicted molar refractivity (Wildman–Crippen MR) is 80.3 cm³/mol. The molecule has 2 aromatic heterocycles. The summed E-state index contributed by atoms with van der Waals surface area (Å²) in [5, 5.41) is 2.71. The second kappa shape index (κ2) is 6.42. The summed E-state index contributed by atoms with van der Waals surface area (Å²) in [6.07, 6.45) is 0.833. The number of hydrogen-bond donors (Lipinski definition) is 1. The van der Waals surface area contributed by atoms with Crippen LogP contribution in [0.25, 0.3) is 0 Å². The summed E-state index contributed by atoms with van der Waals surface area (Å²) in [6.45, 7) is 0.534. The molecule has 0 bridgehead atoms. The summed E-state index contributed by atoms with van der Waals surface area (Å²) in [6, 6.07) is 3.59. The Balaban J connectivity index is 1.77. The summed E-state index contributed by atoms with van der Waals surface area (Å²) in [5.41, 5.74) is -0.397. The van der Waals surface area contributed by atoms with Gasteiger partial charge in [0.25, 0.3) is 0 Å². The maximum atomic E-state index is 12.7. The highest BCUT2D eigenvalue weighted by atomic mass is 19.4. The summed E-state index contributed by atoms with van der Waals surface area (Å²) >= 11 is 0. The van der Waals surface area contributed by atoms with Gasteiger partial charge in [-0.1, -0.05) is 0 Å². The van der Waals surface area contributed by atoms with E-state index in [-0.39, 0.29) is 11.9 Å². The lowest BCUT2D eigenvalue weighted by Crippen LogP contribution is -2.48. The van der Waals surface area contributed by atoms with E-state index in [0.717, 1.165) is 12.3 Å². The smallest absolute Gasteiger partial charge is 0.342 e. The highest BCUT2D eigenvalue weighted by Crippen LogP contribution is 2.28. The molecule has 1 N–H and O–H groups in total. The lowest BCUT2D eigenvalue weighted by Gasteiger charge is -2.32. The average Bonchev–Trinajstić information content (AvgIpc) is 2.57. The van der Waals surface area contributed by atoms with Gasteiger partial charge in [0.2, 0.25) is 11.9 Å². The standard InChI is InChI=1S/C15H14F3N5O/c16-15(17,18)12-5-7-20-14(22-12)21-11-4-2-8-23(13(11)24)10-3-1-6-19-9-10/h1,3,5-7,9,11H,2,4,8H2,(H,20,21,22)/t11-/m0/s1. The van der Waals surface area contributed by atoms with Gasteiger partial charge < -0.3 is 10.2 Å². The molecule has 6 nitrogen and oxygen atoms in total. The molecular formula is C15H14F3N5O. The third-order valence-corrected chi connectivity index (χ3v) is 3.65. The fourth-order valence-corrected chi connectivity index (χ4v) is 2.52. The SMILES string of the molecule is O=C1[C@@H](Nc2nccc(C(F)(F)F)n2)CCCN1c1cccnc1. The molecule has 0 saturated carbocycles. The number of hydrogen-bond acceptors (Lipinski definition) is 5. The van der Waals surface area contributed by atoms with Crippen LogP contribution in [0.2, 0.25) is 0 Å². The minimum atomic E-state index is -4.56. The van der Waals surface area contributed by atoms with Crippen molar-refractivity contribution in [2.24, 2.45) is 0 Å². The molecule has 1 fully saturated rings. The van der Waals surface area contributed by atoms with E-state index in [1.54, 1.807) is 29.4 Å². The van der Waals surface area contributed by atoms with E-state index in [0.29, 0.717) is 25.1 Å². The average molecular weight is 337 g/mol. The number of rotatable bonds is 3. The Morgan fingerprint density at radius 2 is 2.08 bits per heavy atom. The Morgan fingerprint density at radius 3 is 2.79 bits per heavy atom. The van der Waals surface area contributed by atoms with E-state index < -0.39 is 17.9 Å². The number of carbonyl (C=O) groups is 1. The maximum Gasteiger partial charge on any atom is 0.433 e. The van der Waals surface area contributed by atoms with E-state index >= 15 is 0 Å². The van der Waals surface area contributed by atoms with Gasteiger partial charge in [0.05, 0.1) is 11.9 Å². The van der Waals surface area contributed by atoms with Crippen molar-refractivity contribution < 1.29 is 18.0 Å². The first kappa shape index (κ1) is 16.2. The van der Waals surface area contributed by atoms with E-state index in [9.17, 15) is 18.0 Å². The van der Waals surface area contributed by atoms with E-state index in [4.69, 9.17) is 0 Å². The first-order chi connectivity index (χ1) is 11.4. The molecule has 1 atom stereocenters. The van der Waals surface area contributed by atoms with Crippen molar-refractivity contribution >= 4 is 17.5 Å². The van der Waals surface area contributed by atoms with Crippen molar-refractivity contribution in [2.45, 2.75) is 25.1 Å². The topological polar surface area (TPSA) is 71.0 Å². The number of piperidine rings is 1. The van der Waals surface area contributed by atoms with E-state index in [2.05, 4.69) is 20.3 Å². The van der Waals surface area contributed by atoms with Crippen LogP contribution in [0.1, 0.15) is 18.5 Å². The van der Waals surface area contributed by atoms with Crippen LogP contribution in [-0.4, -0.2) is 33.4 Å². The lowest BCUT2D eigenvalue weighted by atomic mass is 10.0. The van der Waals surface area contributed by atoms with Crippen molar-refractivity contribution in [2.75, 3.05) is 16.8 Å². The largest absolute Gasteiger partial charge is 0.433 e. The molecule has 1 saturated heterocycles. The van der Waals surface area contributed by atoms with Gasteiger partial charge in [0.1, 0.15) is 11.7 Å². The fraction of sp³-hybridized carbons (Fsp3) is 0.333. The molecule has 3 heterocycles. The number of anilines is 2. The number of alkyl halides is 3. The number of carbonyl (C=O) groups excluding carboxylic acids is 1. The van der Waals surface area contributed by atoms with Crippen molar-refractivity contribution in [3.05, 3.63) is 42.5 Å². The van der Waals surface area contributed by atoms with Gasteiger partial charge in [-0.3, -0.25) is 9.78 Å². The minimum absolute atomic E-state index is 0.212. The lowest BCUT2D eigenvalue weighted by molar-refractivity contribution is -0.141. The Hall–Kier alpha value is -2.71. The van der Waals surface area contributed by atoms with Crippen LogP contribution < -0.4 is 10.2 Å². The molecule has 0 radical (unpaired) electrons. The molecule has 3 rings (SSSR count). The molecule has 0 aromatic carbocycles. The predicted octanol–water partition coefficient (Wildman–Crippen LogP) is 2.50. The second-order valence-corrected chi connectivity index (χ2v) is 5.30. The van der Waals surface area contributed by atoms with Gasteiger partial charge in [0.15, 0.2) is 0 Å². The van der Waals surface area contributed by atoms with Crippen molar-refractivity contribution in [3.8, 4) is 0 Å². The molecule has 0 unspecified atom stereocenters. The van der Waals surface area contributed by atoms with Crippen LogP contribution in [0.15, 0.2) is 36.8 Å². The van der Waals surface area contributed by atoms with Crippen molar-refractivity contribution in [3.63, 3.8) is 0 Å². The number of amides is 1. The van der Waals surface area contributed by atoms with Crippen LogP contribution in [0.4, 0.5) is 24.8 Å². The molecule has 0 spiro atoms. The molecular weight excluding hydrogens is 323 g/mol. The molecule has 1 amide bonds. The maximum absolute atomic E-state index is 12.7. The first-order valence-electron chi connectivity index (χ1n) is 7.33. The zero-order valence-electron chi connectivity index (χ0n) is 12.5. The number of aromatic nitrogens is 3. The Labute approximate surface area is 135 Å². The highest BCUT2D eigenvalue weighted by molar-refractivity contribution is 5.99. The third-order valence-electron chi connectivity index (χ3n) is 3.65.